The number of hydrogen-bond acceptors (Lipinski definition) is 3. The summed E-state index contributed by atoms with van der Waals surface area (Å²) in [6.45, 7) is 5.72. The predicted molar refractivity (Wildman–Crippen MR) is 80.8 cm³/mol. The van der Waals surface area contributed by atoms with E-state index in [2.05, 4.69) is 10.4 Å². The summed E-state index contributed by atoms with van der Waals surface area (Å²) in [5.74, 6) is -0.989. The van der Waals surface area contributed by atoms with Crippen molar-refractivity contribution >= 4 is 18.0 Å². The van der Waals surface area contributed by atoms with Gasteiger partial charge in [0, 0.05) is 36.8 Å². The average molecular weight is 293 g/mol. The molecular formula is C15H23N3O3. The van der Waals surface area contributed by atoms with Crippen molar-refractivity contribution in [2.45, 2.75) is 46.1 Å². The molecule has 1 atom stereocenters. The van der Waals surface area contributed by atoms with Crippen LogP contribution in [0.25, 0.3) is 6.08 Å². The van der Waals surface area contributed by atoms with Crippen LogP contribution in [0, 0.1) is 13.8 Å². The average Bonchev–Trinajstić information content (AvgIpc) is 2.60. The van der Waals surface area contributed by atoms with Crippen molar-refractivity contribution in [1.82, 2.24) is 15.1 Å². The molecule has 1 heterocycles. The normalized spacial score (nSPS) is 12.6. The lowest BCUT2D eigenvalue weighted by Gasteiger charge is -2.11. The van der Waals surface area contributed by atoms with Gasteiger partial charge in [0.05, 0.1) is 5.69 Å². The minimum Gasteiger partial charge on any atom is -0.481 e. The predicted octanol–water partition coefficient (Wildman–Crippen LogP) is 1.81. The maximum Gasteiger partial charge on any atom is 0.303 e. The molecule has 1 amide bonds. The monoisotopic (exact) mass is 293 g/mol. The second kappa shape index (κ2) is 7.61. The van der Waals surface area contributed by atoms with E-state index in [0.717, 1.165) is 17.0 Å². The molecule has 0 aromatic carbocycles. The van der Waals surface area contributed by atoms with Crippen LogP contribution in [0.2, 0.25) is 0 Å². The number of nitrogens with zero attached hydrogens (tertiary/aromatic N) is 2. The quantitative estimate of drug-likeness (QED) is 0.751. The molecule has 0 radical (unpaired) electrons. The molecule has 2 N–H and O–H groups in total. The lowest BCUT2D eigenvalue weighted by atomic mass is 10.1. The van der Waals surface area contributed by atoms with Gasteiger partial charge in [0.15, 0.2) is 0 Å². The molecule has 1 aromatic rings. The van der Waals surface area contributed by atoms with E-state index in [1.54, 1.807) is 10.8 Å². The van der Waals surface area contributed by atoms with Crippen LogP contribution >= 0.6 is 0 Å². The van der Waals surface area contributed by atoms with Crippen molar-refractivity contribution in [3.8, 4) is 0 Å². The number of hydrogen-bond donors (Lipinski definition) is 2. The lowest BCUT2D eigenvalue weighted by Crippen LogP contribution is -2.31. The van der Waals surface area contributed by atoms with Gasteiger partial charge < -0.3 is 10.4 Å². The lowest BCUT2D eigenvalue weighted by molar-refractivity contribution is -0.137. The van der Waals surface area contributed by atoms with E-state index >= 15 is 0 Å². The highest BCUT2D eigenvalue weighted by Gasteiger charge is 2.08. The van der Waals surface area contributed by atoms with Crippen molar-refractivity contribution in [2.24, 2.45) is 7.05 Å². The first kappa shape index (κ1) is 16.9. The second-order valence-corrected chi connectivity index (χ2v) is 5.24. The Morgan fingerprint density at radius 2 is 2.10 bits per heavy atom. The smallest absolute Gasteiger partial charge is 0.303 e. The molecule has 21 heavy (non-hydrogen) atoms. The van der Waals surface area contributed by atoms with Gasteiger partial charge in [-0.05, 0) is 39.7 Å². The fourth-order valence-corrected chi connectivity index (χ4v) is 2.11. The maximum atomic E-state index is 11.8. The second-order valence-electron chi connectivity index (χ2n) is 5.24. The number of amides is 1. The zero-order valence-electron chi connectivity index (χ0n) is 13.0. The highest BCUT2D eigenvalue weighted by Crippen LogP contribution is 2.13. The largest absolute Gasteiger partial charge is 0.481 e. The molecule has 0 fully saturated rings. The van der Waals surface area contributed by atoms with Crippen molar-refractivity contribution in [3.63, 3.8) is 0 Å². The number of aliphatic carboxylic acids is 1. The molecular weight excluding hydrogens is 270 g/mol. The van der Waals surface area contributed by atoms with Gasteiger partial charge in [-0.25, -0.2) is 0 Å². The molecule has 0 saturated carbocycles. The number of carboxylic acids is 1. The minimum absolute atomic E-state index is 0.0439. The van der Waals surface area contributed by atoms with E-state index in [1.807, 2.05) is 27.8 Å². The number of rotatable bonds is 7. The number of nitrogens with one attached hydrogen (secondary N) is 1. The van der Waals surface area contributed by atoms with E-state index in [0.29, 0.717) is 12.8 Å². The van der Waals surface area contributed by atoms with Crippen LogP contribution in [0.15, 0.2) is 6.08 Å². The molecule has 0 spiro atoms. The van der Waals surface area contributed by atoms with Gasteiger partial charge in [0.2, 0.25) is 5.91 Å². The van der Waals surface area contributed by atoms with Crippen LogP contribution in [0.4, 0.5) is 0 Å². The van der Waals surface area contributed by atoms with E-state index in [4.69, 9.17) is 5.11 Å². The third-order valence-corrected chi connectivity index (χ3v) is 3.38. The van der Waals surface area contributed by atoms with Crippen LogP contribution in [0.1, 0.15) is 43.1 Å². The molecule has 1 aromatic heterocycles. The summed E-state index contributed by atoms with van der Waals surface area (Å²) in [6.07, 6.45) is 4.59. The number of carbonyl (C=O) groups is 2. The summed E-state index contributed by atoms with van der Waals surface area (Å²) >= 11 is 0. The van der Waals surface area contributed by atoms with Crippen molar-refractivity contribution < 1.29 is 14.7 Å². The first-order valence-corrected chi connectivity index (χ1v) is 7.01. The molecule has 6 nitrogen and oxygen atoms in total. The Morgan fingerprint density at radius 3 is 2.62 bits per heavy atom. The van der Waals surface area contributed by atoms with Gasteiger partial charge in [-0.2, -0.15) is 5.10 Å². The minimum atomic E-state index is -0.809. The SMILES string of the molecule is Cc1nn(C)c(C)c1/C=C/C(=O)NC(C)CCCC(=O)O. The standard InChI is InChI=1S/C15H23N3O3/c1-10(6-5-7-15(20)21)16-14(19)9-8-13-11(2)17-18(4)12(13)3/h8-10H,5-7H2,1-4H3,(H,16,19)(H,20,21)/b9-8+. The molecule has 6 heteroatoms. The van der Waals surface area contributed by atoms with E-state index in [-0.39, 0.29) is 18.4 Å². The van der Waals surface area contributed by atoms with Gasteiger partial charge in [0.1, 0.15) is 0 Å². The summed E-state index contributed by atoms with van der Waals surface area (Å²) in [5, 5.41) is 15.7. The highest BCUT2D eigenvalue weighted by atomic mass is 16.4. The van der Waals surface area contributed by atoms with Gasteiger partial charge >= 0.3 is 5.97 Å². The fraction of sp³-hybridized carbons (Fsp3) is 0.533. The van der Waals surface area contributed by atoms with Crippen molar-refractivity contribution in [2.75, 3.05) is 0 Å². The Bertz CT molecular complexity index is 547. The summed E-state index contributed by atoms with van der Waals surface area (Å²) in [5.41, 5.74) is 2.84. The van der Waals surface area contributed by atoms with Gasteiger partial charge in [0.25, 0.3) is 0 Å². The molecule has 1 rings (SSSR count). The Labute approximate surface area is 124 Å². The summed E-state index contributed by atoms with van der Waals surface area (Å²) in [4.78, 5) is 22.2. The van der Waals surface area contributed by atoms with E-state index < -0.39 is 5.97 Å². The topological polar surface area (TPSA) is 84.2 Å². The zero-order valence-corrected chi connectivity index (χ0v) is 13.0. The van der Waals surface area contributed by atoms with Crippen LogP contribution in [0.3, 0.4) is 0 Å². The first-order chi connectivity index (χ1) is 9.81. The zero-order chi connectivity index (χ0) is 16.0. The van der Waals surface area contributed by atoms with Crippen molar-refractivity contribution in [3.05, 3.63) is 23.0 Å². The molecule has 1 unspecified atom stereocenters. The highest BCUT2D eigenvalue weighted by molar-refractivity contribution is 5.92. The first-order valence-electron chi connectivity index (χ1n) is 7.01. The van der Waals surface area contributed by atoms with Crippen LogP contribution in [0.5, 0.6) is 0 Å². The molecule has 0 saturated heterocycles. The third-order valence-electron chi connectivity index (χ3n) is 3.38. The Balaban J connectivity index is 2.49. The number of carbonyl (C=O) groups excluding carboxylic acids is 1. The Morgan fingerprint density at radius 1 is 1.43 bits per heavy atom. The Hall–Kier alpha value is -2.11. The van der Waals surface area contributed by atoms with Crippen LogP contribution in [-0.4, -0.2) is 32.8 Å². The molecule has 0 bridgehead atoms. The van der Waals surface area contributed by atoms with Gasteiger partial charge in [-0.15, -0.1) is 0 Å². The van der Waals surface area contributed by atoms with Crippen molar-refractivity contribution in [1.29, 1.82) is 0 Å². The van der Waals surface area contributed by atoms with E-state index in [1.165, 1.54) is 6.08 Å². The Kier molecular flexibility index (Phi) is 6.14. The number of aromatic nitrogens is 2. The number of aryl methyl sites for hydroxylation is 2. The fourth-order valence-electron chi connectivity index (χ4n) is 2.11. The maximum absolute atomic E-state index is 11.8. The summed E-state index contributed by atoms with van der Waals surface area (Å²) < 4.78 is 1.78. The van der Waals surface area contributed by atoms with Gasteiger partial charge in [-0.1, -0.05) is 0 Å². The van der Waals surface area contributed by atoms with Crippen LogP contribution in [-0.2, 0) is 16.6 Å². The molecule has 0 aliphatic carbocycles. The molecule has 116 valence electrons. The van der Waals surface area contributed by atoms with Gasteiger partial charge in [-0.3, -0.25) is 14.3 Å². The van der Waals surface area contributed by atoms with Crippen LogP contribution < -0.4 is 5.32 Å². The third kappa shape index (κ3) is 5.41. The number of carboxylic acid groups (broad SMARTS) is 1. The molecule has 0 aliphatic rings. The molecule has 0 aliphatic heterocycles. The summed E-state index contributed by atoms with van der Waals surface area (Å²) in [7, 11) is 1.87. The van der Waals surface area contributed by atoms with E-state index in [9.17, 15) is 9.59 Å². The summed E-state index contributed by atoms with van der Waals surface area (Å²) in [6, 6.07) is -0.0439.